The number of benzene rings is 1. The average molecular weight is 297 g/mol. The van der Waals surface area contributed by atoms with Gasteiger partial charge < -0.3 is 5.21 Å². The molecule has 0 atom stereocenters. The van der Waals surface area contributed by atoms with Crippen LogP contribution in [-0.4, -0.2) is 9.94 Å². The van der Waals surface area contributed by atoms with E-state index in [9.17, 15) is 10.0 Å². The highest BCUT2D eigenvalue weighted by Gasteiger charge is 2.17. The minimum absolute atomic E-state index is 0.343. The Kier molecular flexibility index (Phi) is 4.32. The van der Waals surface area contributed by atoms with Gasteiger partial charge in [0.05, 0.1) is 5.69 Å². The fourth-order valence-corrected chi connectivity index (χ4v) is 3.44. The smallest absolute Gasteiger partial charge is 0.283 e. The number of aryl methyl sites for hydroxylation is 1. The third-order valence-corrected chi connectivity index (χ3v) is 4.66. The summed E-state index contributed by atoms with van der Waals surface area (Å²) in [6.07, 6.45) is 7.01. The van der Waals surface area contributed by atoms with E-state index in [2.05, 4.69) is 6.07 Å². The zero-order chi connectivity index (χ0) is 15.5. The van der Waals surface area contributed by atoms with Gasteiger partial charge in [0.1, 0.15) is 0 Å². The van der Waals surface area contributed by atoms with Gasteiger partial charge in [0.2, 0.25) is 0 Å². The van der Waals surface area contributed by atoms with Crippen molar-refractivity contribution in [1.82, 2.24) is 4.73 Å². The molecule has 2 aromatic rings. The van der Waals surface area contributed by atoms with Crippen LogP contribution in [0.25, 0.3) is 11.1 Å². The van der Waals surface area contributed by atoms with E-state index < -0.39 is 0 Å². The van der Waals surface area contributed by atoms with Gasteiger partial charge in [0.25, 0.3) is 5.56 Å². The molecule has 0 aliphatic heterocycles. The molecule has 1 saturated carbocycles. The molecule has 1 aromatic carbocycles. The molecule has 0 spiro atoms. The number of pyridine rings is 1. The van der Waals surface area contributed by atoms with Crippen molar-refractivity contribution in [2.24, 2.45) is 5.92 Å². The number of hydrogen-bond acceptors (Lipinski definition) is 2. The molecular weight excluding hydrogens is 274 g/mol. The van der Waals surface area contributed by atoms with Crippen LogP contribution in [0.3, 0.4) is 0 Å². The molecule has 22 heavy (non-hydrogen) atoms. The Morgan fingerprint density at radius 3 is 2.59 bits per heavy atom. The molecular formula is C19H23NO2. The van der Waals surface area contributed by atoms with Crippen LogP contribution in [-0.2, 0) is 6.42 Å². The monoisotopic (exact) mass is 297 g/mol. The third-order valence-electron chi connectivity index (χ3n) is 4.66. The lowest BCUT2D eigenvalue weighted by molar-refractivity contribution is 0.160. The van der Waals surface area contributed by atoms with E-state index >= 15 is 0 Å². The molecule has 0 unspecified atom stereocenters. The lowest BCUT2D eigenvalue weighted by Gasteiger charge is -2.22. The largest absolute Gasteiger partial charge is 0.425 e. The topological polar surface area (TPSA) is 42.2 Å². The summed E-state index contributed by atoms with van der Waals surface area (Å²) in [4.78, 5) is 12.1. The Balaban J connectivity index is 1.94. The van der Waals surface area contributed by atoms with Gasteiger partial charge in [0.15, 0.2) is 0 Å². The van der Waals surface area contributed by atoms with Gasteiger partial charge in [-0.1, -0.05) is 61.9 Å². The van der Waals surface area contributed by atoms with E-state index in [0.29, 0.717) is 5.92 Å². The standard InChI is InChI=1S/C19H23NO2/c1-14-6-5-9-16(10-14)17-12-18(20(22)19(21)13-17)11-15-7-3-2-4-8-15/h5-6,9-10,12-13,15,22H,2-4,7-8,11H2,1H3. The van der Waals surface area contributed by atoms with Gasteiger partial charge >= 0.3 is 0 Å². The van der Waals surface area contributed by atoms with E-state index in [0.717, 1.165) is 28.0 Å². The average Bonchev–Trinajstić information content (AvgIpc) is 2.52. The van der Waals surface area contributed by atoms with E-state index in [1.807, 2.05) is 31.2 Å². The van der Waals surface area contributed by atoms with Crippen molar-refractivity contribution < 1.29 is 5.21 Å². The molecule has 3 rings (SSSR count). The molecule has 0 bridgehead atoms. The molecule has 0 saturated heterocycles. The van der Waals surface area contributed by atoms with E-state index in [1.165, 1.54) is 43.7 Å². The molecule has 0 radical (unpaired) electrons. The van der Waals surface area contributed by atoms with Crippen LogP contribution < -0.4 is 5.56 Å². The zero-order valence-electron chi connectivity index (χ0n) is 13.1. The Bertz CT molecular complexity index is 712. The molecule has 1 aliphatic carbocycles. The molecule has 116 valence electrons. The minimum atomic E-state index is -0.343. The van der Waals surface area contributed by atoms with Crippen molar-refractivity contribution in [1.29, 1.82) is 0 Å². The zero-order valence-corrected chi connectivity index (χ0v) is 13.1. The van der Waals surface area contributed by atoms with E-state index in [1.54, 1.807) is 0 Å². The van der Waals surface area contributed by atoms with Gasteiger partial charge in [-0.3, -0.25) is 4.79 Å². The first-order chi connectivity index (χ1) is 10.6. The van der Waals surface area contributed by atoms with Crippen molar-refractivity contribution in [3.8, 4) is 11.1 Å². The lowest BCUT2D eigenvalue weighted by atomic mass is 9.85. The maximum absolute atomic E-state index is 12.1. The molecule has 1 aromatic heterocycles. The maximum atomic E-state index is 12.1. The summed E-state index contributed by atoms with van der Waals surface area (Å²) in [7, 11) is 0. The van der Waals surface area contributed by atoms with Crippen LogP contribution in [0.15, 0.2) is 41.2 Å². The van der Waals surface area contributed by atoms with E-state index in [4.69, 9.17) is 0 Å². The fraction of sp³-hybridized carbons (Fsp3) is 0.421. The molecule has 1 fully saturated rings. The highest BCUT2D eigenvalue weighted by atomic mass is 16.5. The SMILES string of the molecule is Cc1cccc(-c2cc(CC3CCCCC3)n(O)c(=O)c2)c1. The van der Waals surface area contributed by atoms with Gasteiger partial charge in [-0.2, -0.15) is 4.73 Å². The molecule has 1 heterocycles. The van der Waals surface area contributed by atoms with Crippen LogP contribution in [0.4, 0.5) is 0 Å². The minimum Gasteiger partial charge on any atom is -0.425 e. The first-order valence-electron chi connectivity index (χ1n) is 8.16. The fourth-order valence-electron chi connectivity index (χ4n) is 3.44. The summed E-state index contributed by atoms with van der Waals surface area (Å²) in [5, 5.41) is 10.1. The number of rotatable bonds is 3. The Morgan fingerprint density at radius 2 is 1.86 bits per heavy atom. The predicted molar refractivity (Wildman–Crippen MR) is 88.3 cm³/mol. The van der Waals surface area contributed by atoms with Crippen molar-refractivity contribution in [3.05, 3.63) is 58.0 Å². The van der Waals surface area contributed by atoms with Crippen LogP contribution in [0.5, 0.6) is 0 Å². The summed E-state index contributed by atoms with van der Waals surface area (Å²) < 4.78 is 0.827. The quantitative estimate of drug-likeness (QED) is 0.863. The molecule has 3 heteroatoms. The predicted octanol–water partition coefficient (Wildman–Crippen LogP) is 4.18. The highest BCUT2D eigenvalue weighted by molar-refractivity contribution is 5.64. The third kappa shape index (κ3) is 3.24. The van der Waals surface area contributed by atoms with Crippen molar-refractivity contribution >= 4 is 0 Å². The van der Waals surface area contributed by atoms with Crippen LogP contribution in [0.1, 0.15) is 43.4 Å². The summed E-state index contributed by atoms with van der Waals surface area (Å²) in [5.41, 5.74) is 3.48. The van der Waals surface area contributed by atoms with Gasteiger partial charge in [0, 0.05) is 6.07 Å². The summed E-state index contributed by atoms with van der Waals surface area (Å²) in [6.45, 7) is 2.04. The van der Waals surface area contributed by atoms with Gasteiger partial charge in [-0.25, -0.2) is 0 Å². The number of aromatic nitrogens is 1. The summed E-state index contributed by atoms with van der Waals surface area (Å²) >= 11 is 0. The van der Waals surface area contributed by atoms with Gasteiger partial charge in [-0.05, 0) is 36.5 Å². The van der Waals surface area contributed by atoms with Crippen LogP contribution in [0, 0.1) is 12.8 Å². The first-order valence-corrected chi connectivity index (χ1v) is 8.16. The number of nitrogens with zero attached hydrogens (tertiary/aromatic N) is 1. The summed E-state index contributed by atoms with van der Waals surface area (Å²) in [6, 6.07) is 11.6. The van der Waals surface area contributed by atoms with Gasteiger partial charge in [-0.15, -0.1) is 0 Å². The van der Waals surface area contributed by atoms with Crippen molar-refractivity contribution in [2.75, 3.05) is 0 Å². The maximum Gasteiger partial charge on any atom is 0.283 e. The Labute approximate surface area is 131 Å². The second-order valence-electron chi connectivity index (χ2n) is 6.46. The van der Waals surface area contributed by atoms with Crippen molar-refractivity contribution in [3.63, 3.8) is 0 Å². The highest BCUT2D eigenvalue weighted by Crippen LogP contribution is 2.28. The van der Waals surface area contributed by atoms with Crippen molar-refractivity contribution in [2.45, 2.75) is 45.4 Å². The molecule has 0 amide bonds. The first kappa shape index (κ1) is 14.9. The number of hydrogen-bond donors (Lipinski definition) is 1. The normalized spacial score (nSPS) is 15.9. The summed E-state index contributed by atoms with van der Waals surface area (Å²) in [5.74, 6) is 0.583. The lowest BCUT2D eigenvalue weighted by Crippen LogP contribution is -2.23. The molecule has 3 nitrogen and oxygen atoms in total. The second kappa shape index (κ2) is 6.39. The van der Waals surface area contributed by atoms with Crippen LogP contribution in [0.2, 0.25) is 0 Å². The molecule has 1 aliphatic rings. The molecule has 1 N–H and O–H groups in total. The Morgan fingerprint density at radius 1 is 1.09 bits per heavy atom. The van der Waals surface area contributed by atoms with E-state index in [-0.39, 0.29) is 5.56 Å². The Hall–Kier alpha value is -2.03. The van der Waals surface area contributed by atoms with Crippen LogP contribution >= 0.6 is 0 Å². The second-order valence-corrected chi connectivity index (χ2v) is 6.46.